The summed E-state index contributed by atoms with van der Waals surface area (Å²) in [6.45, 7) is 1.23. The number of benzene rings is 1. The lowest BCUT2D eigenvalue weighted by molar-refractivity contribution is -0.123. The molecular weight excluding hydrogens is 296 g/mol. The normalized spacial score (nSPS) is 12.0. The number of aryl methyl sites for hydroxylation is 1. The van der Waals surface area contributed by atoms with Crippen LogP contribution in [0.3, 0.4) is 0 Å². The summed E-state index contributed by atoms with van der Waals surface area (Å²) in [5, 5.41) is 21.6. The minimum Gasteiger partial charge on any atom is -0.354 e. The predicted octanol–water partition coefficient (Wildman–Crippen LogP) is 0.0605. The van der Waals surface area contributed by atoms with Crippen molar-refractivity contribution in [2.24, 2.45) is 0 Å². The molecule has 3 aromatic rings. The van der Waals surface area contributed by atoms with E-state index in [-0.39, 0.29) is 5.91 Å². The molecule has 0 fully saturated rings. The van der Waals surface area contributed by atoms with Gasteiger partial charge in [-0.1, -0.05) is 35.5 Å². The van der Waals surface area contributed by atoms with E-state index >= 15 is 0 Å². The minimum absolute atomic E-state index is 0.151. The van der Waals surface area contributed by atoms with Crippen LogP contribution in [0.2, 0.25) is 0 Å². The number of rotatable bonds is 7. The molecule has 1 atom stereocenters. The van der Waals surface area contributed by atoms with Crippen molar-refractivity contribution < 1.29 is 4.79 Å². The van der Waals surface area contributed by atoms with Crippen LogP contribution in [0.25, 0.3) is 0 Å². The Kier molecular flexibility index (Phi) is 4.67. The number of carbonyl (C=O) groups excluding carboxylic acids is 1. The Labute approximate surface area is 132 Å². The number of nitrogens with one attached hydrogen (secondary N) is 1. The van der Waals surface area contributed by atoms with Crippen molar-refractivity contribution in [1.29, 1.82) is 0 Å². The topological polar surface area (TPSA) is 103 Å². The quantitative estimate of drug-likeness (QED) is 0.619. The number of carbonyl (C=O) groups is 1. The number of nitrogens with zero attached hydrogens (tertiary/aromatic N) is 7. The maximum atomic E-state index is 12.5. The molecule has 0 radical (unpaired) electrons. The highest BCUT2D eigenvalue weighted by molar-refractivity contribution is 5.83. The van der Waals surface area contributed by atoms with Gasteiger partial charge in [0.05, 0.1) is 6.20 Å². The highest BCUT2D eigenvalue weighted by Gasteiger charge is 2.23. The fraction of sp³-hybridized carbons (Fsp3) is 0.286. The summed E-state index contributed by atoms with van der Waals surface area (Å²) in [5.41, 5.74) is 0.827. The van der Waals surface area contributed by atoms with Gasteiger partial charge in [-0.05, 0) is 22.4 Å². The van der Waals surface area contributed by atoms with E-state index in [4.69, 9.17) is 0 Å². The van der Waals surface area contributed by atoms with Crippen molar-refractivity contribution in [1.82, 2.24) is 40.5 Å². The first-order chi connectivity index (χ1) is 11.3. The molecule has 0 saturated heterocycles. The SMILES string of the molecule is O=C(NCCCn1ccnn1)[C@@H](c1ccccc1)n1cnnn1. The zero-order valence-corrected chi connectivity index (χ0v) is 12.4. The van der Waals surface area contributed by atoms with Gasteiger partial charge < -0.3 is 5.32 Å². The van der Waals surface area contributed by atoms with E-state index in [1.165, 1.54) is 11.0 Å². The first kappa shape index (κ1) is 14.8. The number of hydrogen-bond acceptors (Lipinski definition) is 6. The zero-order valence-electron chi connectivity index (χ0n) is 12.4. The van der Waals surface area contributed by atoms with Crippen LogP contribution in [0.4, 0.5) is 0 Å². The molecule has 3 rings (SSSR count). The second kappa shape index (κ2) is 7.25. The average Bonchev–Trinajstić information content (AvgIpc) is 3.27. The third-order valence-electron chi connectivity index (χ3n) is 3.33. The molecule has 0 aliphatic heterocycles. The molecule has 0 saturated carbocycles. The van der Waals surface area contributed by atoms with Crippen LogP contribution in [-0.4, -0.2) is 47.7 Å². The summed E-state index contributed by atoms with van der Waals surface area (Å²) < 4.78 is 3.17. The van der Waals surface area contributed by atoms with Gasteiger partial charge in [-0.2, -0.15) is 0 Å². The van der Waals surface area contributed by atoms with Crippen molar-refractivity contribution in [3.63, 3.8) is 0 Å². The molecule has 9 nitrogen and oxygen atoms in total. The van der Waals surface area contributed by atoms with Crippen LogP contribution in [0.15, 0.2) is 49.1 Å². The molecular formula is C14H16N8O. The van der Waals surface area contributed by atoms with Gasteiger partial charge in [0, 0.05) is 19.3 Å². The fourth-order valence-corrected chi connectivity index (χ4v) is 2.25. The molecule has 0 unspecified atom stereocenters. The zero-order chi connectivity index (χ0) is 15.9. The van der Waals surface area contributed by atoms with Crippen LogP contribution in [-0.2, 0) is 11.3 Å². The van der Waals surface area contributed by atoms with Crippen molar-refractivity contribution >= 4 is 5.91 Å². The van der Waals surface area contributed by atoms with Gasteiger partial charge in [0.25, 0.3) is 0 Å². The van der Waals surface area contributed by atoms with Crippen LogP contribution in [0.5, 0.6) is 0 Å². The van der Waals surface area contributed by atoms with E-state index in [1.807, 2.05) is 30.3 Å². The predicted molar refractivity (Wildman–Crippen MR) is 80.0 cm³/mol. The fourth-order valence-electron chi connectivity index (χ4n) is 2.25. The molecule has 0 bridgehead atoms. The molecule has 118 valence electrons. The van der Waals surface area contributed by atoms with E-state index in [2.05, 4.69) is 31.2 Å². The van der Waals surface area contributed by atoms with Crippen molar-refractivity contribution in [3.8, 4) is 0 Å². The van der Waals surface area contributed by atoms with Crippen molar-refractivity contribution in [3.05, 3.63) is 54.6 Å². The Morgan fingerprint density at radius 2 is 2.04 bits per heavy atom. The Morgan fingerprint density at radius 3 is 2.74 bits per heavy atom. The molecule has 0 aliphatic carbocycles. The van der Waals surface area contributed by atoms with Crippen LogP contribution >= 0.6 is 0 Å². The summed E-state index contributed by atoms with van der Waals surface area (Å²) in [4.78, 5) is 12.5. The lowest BCUT2D eigenvalue weighted by Crippen LogP contribution is -2.34. The first-order valence-electron chi connectivity index (χ1n) is 7.24. The van der Waals surface area contributed by atoms with E-state index in [1.54, 1.807) is 17.1 Å². The molecule has 1 aromatic carbocycles. The molecule has 23 heavy (non-hydrogen) atoms. The maximum absolute atomic E-state index is 12.5. The number of aromatic nitrogens is 7. The third-order valence-corrected chi connectivity index (χ3v) is 3.33. The van der Waals surface area contributed by atoms with Gasteiger partial charge in [0.1, 0.15) is 6.33 Å². The molecule has 2 aromatic heterocycles. The minimum atomic E-state index is -0.586. The van der Waals surface area contributed by atoms with Crippen LogP contribution in [0, 0.1) is 0 Å². The summed E-state index contributed by atoms with van der Waals surface area (Å²) in [6.07, 6.45) is 5.61. The summed E-state index contributed by atoms with van der Waals surface area (Å²) in [5.74, 6) is -0.151. The van der Waals surface area contributed by atoms with Gasteiger partial charge in [-0.3, -0.25) is 9.48 Å². The van der Waals surface area contributed by atoms with Crippen LogP contribution < -0.4 is 5.32 Å². The van der Waals surface area contributed by atoms with Gasteiger partial charge >= 0.3 is 0 Å². The van der Waals surface area contributed by atoms with E-state index in [0.717, 1.165) is 12.0 Å². The maximum Gasteiger partial charge on any atom is 0.249 e. The van der Waals surface area contributed by atoms with E-state index < -0.39 is 6.04 Å². The Balaban J connectivity index is 1.62. The van der Waals surface area contributed by atoms with Gasteiger partial charge in [-0.15, -0.1) is 10.2 Å². The van der Waals surface area contributed by atoms with Crippen molar-refractivity contribution in [2.45, 2.75) is 19.0 Å². The summed E-state index contributed by atoms with van der Waals surface area (Å²) >= 11 is 0. The number of tetrazole rings is 1. The highest BCUT2D eigenvalue weighted by Crippen LogP contribution is 2.16. The van der Waals surface area contributed by atoms with Gasteiger partial charge in [-0.25, -0.2) is 4.68 Å². The molecule has 9 heteroatoms. The number of amides is 1. The third kappa shape index (κ3) is 3.76. The molecule has 2 heterocycles. The largest absolute Gasteiger partial charge is 0.354 e. The Bertz CT molecular complexity index is 711. The number of hydrogen-bond donors (Lipinski definition) is 1. The van der Waals surface area contributed by atoms with Gasteiger partial charge in [0.15, 0.2) is 6.04 Å². The van der Waals surface area contributed by atoms with E-state index in [0.29, 0.717) is 13.1 Å². The molecule has 0 aliphatic rings. The second-order valence-corrected chi connectivity index (χ2v) is 4.91. The highest BCUT2D eigenvalue weighted by atomic mass is 16.2. The monoisotopic (exact) mass is 312 g/mol. The smallest absolute Gasteiger partial charge is 0.249 e. The molecule has 1 N–H and O–H groups in total. The molecule has 0 spiro atoms. The average molecular weight is 312 g/mol. The summed E-state index contributed by atoms with van der Waals surface area (Å²) in [7, 11) is 0. The van der Waals surface area contributed by atoms with E-state index in [9.17, 15) is 4.79 Å². The van der Waals surface area contributed by atoms with Crippen molar-refractivity contribution in [2.75, 3.05) is 6.54 Å². The lowest BCUT2D eigenvalue weighted by atomic mass is 10.1. The standard InChI is InChI=1S/C14H16N8O/c23-14(15-7-4-9-21-10-8-16-19-21)13(22-11-17-18-20-22)12-5-2-1-3-6-12/h1-3,5-6,8,10-11,13H,4,7,9H2,(H,15,23)/t13-/m1/s1. The molecule has 1 amide bonds. The van der Waals surface area contributed by atoms with Gasteiger partial charge in [0.2, 0.25) is 5.91 Å². The first-order valence-corrected chi connectivity index (χ1v) is 7.24. The Hall–Kier alpha value is -3.10. The second-order valence-electron chi connectivity index (χ2n) is 4.91. The van der Waals surface area contributed by atoms with Crippen LogP contribution in [0.1, 0.15) is 18.0 Å². The Morgan fingerprint density at radius 1 is 1.17 bits per heavy atom. The summed E-state index contributed by atoms with van der Waals surface area (Å²) in [6, 6.07) is 8.83. The lowest BCUT2D eigenvalue weighted by Gasteiger charge is -2.16.